The number of benzene rings is 1. The van der Waals surface area contributed by atoms with Gasteiger partial charge >= 0.3 is 6.03 Å². The Balaban J connectivity index is 1.58. The molecule has 1 aliphatic rings. The largest absolute Gasteiger partial charge is 0.493 e. The van der Waals surface area contributed by atoms with Crippen molar-refractivity contribution in [3.8, 4) is 34.1 Å². The van der Waals surface area contributed by atoms with Gasteiger partial charge in [0.05, 0.1) is 37.4 Å². The Morgan fingerprint density at radius 1 is 1.12 bits per heavy atom. The Bertz CT molecular complexity index is 1130. The summed E-state index contributed by atoms with van der Waals surface area (Å²) in [5, 5.41) is 17.4. The maximum Gasteiger partial charge on any atom is 0.321 e. The van der Waals surface area contributed by atoms with E-state index in [-0.39, 0.29) is 11.4 Å². The number of piperidine rings is 1. The van der Waals surface area contributed by atoms with Gasteiger partial charge in [-0.1, -0.05) is 20.8 Å². The van der Waals surface area contributed by atoms with Crippen LogP contribution in [-0.4, -0.2) is 63.8 Å². The molecule has 0 saturated carbocycles. The highest BCUT2D eigenvalue weighted by Gasteiger charge is 2.30. The highest BCUT2D eigenvalue weighted by atomic mass is 16.5. The minimum Gasteiger partial charge on any atom is -0.493 e. The van der Waals surface area contributed by atoms with Crippen LogP contribution in [0.5, 0.6) is 11.5 Å². The Morgan fingerprint density at radius 3 is 2.47 bits per heavy atom. The molecule has 0 bridgehead atoms. The maximum absolute atomic E-state index is 12.9. The van der Waals surface area contributed by atoms with Crippen LogP contribution in [0.15, 0.2) is 30.5 Å². The van der Waals surface area contributed by atoms with Crippen molar-refractivity contribution < 1.29 is 14.3 Å². The number of anilines is 1. The molecule has 2 amide bonds. The number of amides is 2. The molecule has 1 aliphatic heterocycles. The molecule has 0 aliphatic carbocycles. The lowest BCUT2D eigenvalue weighted by atomic mass is 9.75. The van der Waals surface area contributed by atoms with Gasteiger partial charge in [0.1, 0.15) is 0 Å². The first-order valence-electron chi connectivity index (χ1n) is 11.3. The van der Waals surface area contributed by atoms with Crippen molar-refractivity contribution in [2.45, 2.75) is 33.6 Å². The van der Waals surface area contributed by atoms with Gasteiger partial charge in [-0.05, 0) is 53.7 Å². The third-order valence-electron chi connectivity index (χ3n) is 6.39. The zero-order valence-electron chi connectivity index (χ0n) is 20.3. The van der Waals surface area contributed by atoms with E-state index < -0.39 is 0 Å². The number of nitrogens with zero attached hydrogens (tertiary/aromatic N) is 5. The van der Waals surface area contributed by atoms with Gasteiger partial charge in [-0.15, -0.1) is 10.2 Å². The summed E-state index contributed by atoms with van der Waals surface area (Å²) in [5.74, 6) is 2.19. The van der Waals surface area contributed by atoms with Crippen molar-refractivity contribution >= 4 is 11.7 Å². The summed E-state index contributed by atoms with van der Waals surface area (Å²) in [7, 11) is 3.17. The second-order valence-electron chi connectivity index (χ2n) is 9.48. The molecular formula is C24H31N7O3. The average molecular weight is 466 g/mol. The Morgan fingerprint density at radius 2 is 1.85 bits per heavy atom. The number of carbonyl (C=O) groups excluding carboxylic acids is 1. The number of ether oxygens (including phenoxy) is 2. The predicted molar refractivity (Wildman–Crippen MR) is 129 cm³/mol. The Hall–Kier alpha value is -3.69. The number of H-pyrrole nitrogens is 1. The SMILES string of the molecule is COc1ccc(-c2ncc(NC(=O)N3CCC(C(C)(C)C)CC3)cc2-c2nn[nH]n2)cc1OC. The molecule has 1 aromatic carbocycles. The van der Waals surface area contributed by atoms with Gasteiger partial charge in [0.15, 0.2) is 11.5 Å². The molecule has 4 rings (SSSR count). The molecule has 0 radical (unpaired) electrons. The second kappa shape index (κ2) is 9.66. The van der Waals surface area contributed by atoms with Gasteiger partial charge < -0.3 is 19.7 Å². The standard InChI is InChI=1S/C24H31N7O3/c1-24(2,3)16-8-10-31(11-9-16)23(32)26-17-13-18(22-27-29-30-28-22)21(25-14-17)15-6-7-19(33-4)20(12-15)34-5/h6-7,12-14,16H,8-11H2,1-5H3,(H,26,32)(H,27,28,29,30). The van der Waals surface area contributed by atoms with Crippen molar-refractivity contribution in [3.05, 3.63) is 30.5 Å². The zero-order chi connectivity index (χ0) is 24.3. The lowest BCUT2D eigenvalue weighted by Gasteiger charge is -2.38. The molecule has 2 aromatic heterocycles. The number of hydrogen-bond donors (Lipinski definition) is 2. The summed E-state index contributed by atoms with van der Waals surface area (Å²) in [5.41, 5.74) is 2.87. The molecule has 1 fully saturated rings. The number of rotatable bonds is 5. The van der Waals surface area contributed by atoms with Crippen LogP contribution < -0.4 is 14.8 Å². The third-order valence-corrected chi connectivity index (χ3v) is 6.39. The summed E-state index contributed by atoms with van der Waals surface area (Å²) < 4.78 is 10.8. The number of carbonyl (C=O) groups is 1. The van der Waals surface area contributed by atoms with E-state index in [0.29, 0.717) is 40.2 Å². The Kier molecular flexibility index (Phi) is 6.67. The van der Waals surface area contributed by atoms with Gasteiger partial charge in [0.2, 0.25) is 5.82 Å². The number of methoxy groups -OCH3 is 2. The monoisotopic (exact) mass is 465 g/mol. The van der Waals surface area contributed by atoms with E-state index in [0.717, 1.165) is 31.5 Å². The highest BCUT2D eigenvalue weighted by molar-refractivity contribution is 5.91. The summed E-state index contributed by atoms with van der Waals surface area (Å²) in [6.45, 7) is 8.26. The van der Waals surface area contributed by atoms with Gasteiger partial charge in [0.25, 0.3) is 0 Å². The minimum absolute atomic E-state index is 0.132. The Labute approximate surface area is 199 Å². The number of urea groups is 1. The lowest BCUT2D eigenvalue weighted by molar-refractivity contribution is 0.128. The van der Waals surface area contributed by atoms with E-state index in [1.165, 1.54) is 0 Å². The number of tetrazole rings is 1. The first kappa shape index (κ1) is 23.5. The quantitative estimate of drug-likeness (QED) is 0.579. The van der Waals surface area contributed by atoms with Crippen LogP contribution in [0.1, 0.15) is 33.6 Å². The molecule has 180 valence electrons. The summed E-state index contributed by atoms with van der Waals surface area (Å²) in [6, 6.07) is 7.20. The van der Waals surface area contributed by atoms with Crippen molar-refractivity contribution in [3.63, 3.8) is 0 Å². The topological polar surface area (TPSA) is 118 Å². The molecule has 0 spiro atoms. The van der Waals surface area contributed by atoms with Crippen molar-refractivity contribution in [2.24, 2.45) is 11.3 Å². The van der Waals surface area contributed by atoms with E-state index in [9.17, 15) is 4.79 Å². The van der Waals surface area contributed by atoms with E-state index >= 15 is 0 Å². The van der Waals surface area contributed by atoms with E-state index in [4.69, 9.17) is 9.47 Å². The van der Waals surface area contributed by atoms with Crippen molar-refractivity contribution in [2.75, 3.05) is 32.6 Å². The van der Waals surface area contributed by atoms with Crippen LogP contribution in [0.2, 0.25) is 0 Å². The fraction of sp³-hybridized carbons (Fsp3) is 0.458. The smallest absolute Gasteiger partial charge is 0.321 e. The number of aromatic amines is 1. The molecule has 3 aromatic rings. The first-order valence-corrected chi connectivity index (χ1v) is 11.3. The summed E-state index contributed by atoms with van der Waals surface area (Å²) in [4.78, 5) is 19.4. The van der Waals surface area contributed by atoms with Crippen LogP contribution in [-0.2, 0) is 0 Å². The van der Waals surface area contributed by atoms with Crippen LogP contribution in [0.3, 0.4) is 0 Å². The first-order chi connectivity index (χ1) is 16.3. The van der Waals surface area contributed by atoms with Gasteiger partial charge in [-0.3, -0.25) is 4.98 Å². The molecular weight excluding hydrogens is 434 g/mol. The minimum atomic E-state index is -0.132. The molecule has 0 unspecified atom stereocenters. The van der Waals surface area contributed by atoms with Gasteiger partial charge in [-0.2, -0.15) is 5.21 Å². The number of aromatic nitrogens is 5. The van der Waals surface area contributed by atoms with Crippen molar-refractivity contribution in [1.29, 1.82) is 0 Å². The van der Waals surface area contributed by atoms with E-state index in [1.807, 2.05) is 29.2 Å². The molecule has 1 saturated heterocycles. The normalized spacial score (nSPS) is 14.7. The van der Waals surface area contributed by atoms with Crippen LogP contribution in [0.25, 0.3) is 22.6 Å². The molecule has 0 atom stereocenters. The molecule has 10 heteroatoms. The maximum atomic E-state index is 12.9. The molecule has 34 heavy (non-hydrogen) atoms. The number of nitrogens with one attached hydrogen (secondary N) is 2. The lowest BCUT2D eigenvalue weighted by Crippen LogP contribution is -2.43. The number of likely N-dealkylation sites (tertiary alicyclic amines) is 1. The summed E-state index contributed by atoms with van der Waals surface area (Å²) in [6.07, 6.45) is 3.64. The molecule has 10 nitrogen and oxygen atoms in total. The van der Waals surface area contributed by atoms with Crippen LogP contribution in [0.4, 0.5) is 10.5 Å². The molecule has 2 N–H and O–H groups in total. The highest BCUT2D eigenvalue weighted by Crippen LogP contribution is 2.37. The van der Waals surface area contributed by atoms with Crippen molar-refractivity contribution in [1.82, 2.24) is 30.5 Å². The third kappa shape index (κ3) is 4.95. The fourth-order valence-electron chi connectivity index (χ4n) is 4.34. The van der Waals surface area contributed by atoms with Crippen LogP contribution in [0, 0.1) is 11.3 Å². The van der Waals surface area contributed by atoms with E-state index in [2.05, 4.69) is 51.7 Å². The predicted octanol–water partition coefficient (Wildman–Crippen LogP) is 4.24. The van der Waals surface area contributed by atoms with Gasteiger partial charge in [-0.25, -0.2) is 4.79 Å². The van der Waals surface area contributed by atoms with E-state index in [1.54, 1.807) is 20.4 Å². The molecule has 3 heterocycles. The number of pyridine rings is 1. The number of hydrogen-bond acceptors (Lipinski definition) is 7. The van der Waals surface area contributed by atoms with Gasteiger partial charge in [0, 0.05) is 18.7 Å². The average Bonchev–Trinajstić information content (AvgIpc) is 3.38. The zero-order valence-corrected chi connectivity index (χ0v) is 20.3. The van der Waals surface area contributed by atoms with Crippen LogP contribution >= 0.6 is 0 Å². The fourth-order valence-corrected chi connectivity index (χ4v) is 4.34. The second-order valence-corrected chi connectivity index (χ2v) is 9.48. The summed E-state index contributed by atoms with van der Waals surface area (Å²) >= 11 is 0.